The predicted molar refractivity (Wildman–Crippen MR) is 215 cm³/mol. The van der Waals surface area contributed by atoms with Gasteiger partial charge in [-0.25, -0.2) is 0 Å². The molecule has 10 nitrogen and oxygen atoms in total. The van der Waals surface area contributed by atoms with Gasteiger partial charge in [0, 0.05) is 36.7 Å². The van der Waals surface area contributed by atoms with E-state index in [1.807, 2.05) is 94.7 Å². The Bertz CT molecular complexity index is 2160. The molecule has 284 valence electrons. The third-order valence-electron chi connectivity index (χ3n) is 12.2. The zero-order valence-corrected chi connectivity index (χ0v) is 33.0. The molecule has 1 aromatic heterocycles. The van der Waals surface area contributed by atoms with Crippen molar-refractivity contribution in [3.8, 4) is 5.75 Å². The molecule has 11 heteroatoms. The molecule has 2 saturated heterocycles. The summed E-state index contributed by atoms with van der Waals surface area (Å²) in [6, 6.07) is 33.9. The van der Waals surface area contributed by atoms with Crippen LogP contribution < -0.4 is 19.7 Å². The van der Waals surface area contributed by atoms with Gasteiger partial charge in [-0.05, 0) is 66.3 Å². The minimum atomic E-state index is -2.40. The van der Waals surface area contributed by atoms with Crippen LogP contribution in [-0.2, 0) is 33.0 Å². The highest BCUT2D eigenvalue weighted by Gasteiger charge is 2.66. The number of nitrogens with zero attached hydrogens (tertiary/aromatic N) is 5. The first kappa shape index (κ1) is 36.9. The lowest BCUT2D eigenvalue weighted by atomic mass is 9.82. The molecule has 1 N–H and O–H groups in total. The standard InChI is InChI=1S/C44H49N5O5Si/c1-30-42(55(3,4)35-21-19-34(53-2)20-22-35)39(24-26-47-29-37(45-46-47)41(51)32-15-9-6-10-16-32)54-44(30)36-27-33(48-25-12-11-17-40(48)50)18-23-38(36)49(43(44)52)28-31-13-7-5-8-14-31/h5-10,13-16,18-23,27,29-30,39,41-42,51H,11-12,17,24-26,28H2,1-4H3/t30-,39+,41+,42-,44+/m0/s1. The number of aryl methyl sites for hydroxylation is 1. The average molecular weight is 756 g/mol. The lowest BCUT2D eigenvalue weighted by Crippen LogP contribution is -2.51. The molecule has 3 aliphatic heterocycles. The summed E-state index contributed by atoms with van der Waals surface area (Å²) < 4.78 is 14.7. The number of benzene rings is 4. The van der Waals surface area contributed by atoms with Crippen LogP contribution in [-0.4, -0.2) is 59.7 Å². The van der Waals surface area contributed by atoms with Gasteiger partial charge in [0.2, 0.25) is 5.91 Å². The average Bonchev–Trinajstić information content (AvgIpc) is 3.88. The Labute approximate surface area is 323 Å². The first-order valence-electron chi connectivity index (χ1n) is 19.4. The molecular formula is C44H49N5O5Si. The number of carbonyl (C=O) groups is 2. The number of aliphatic hydroxyl groups excluding tert-OH is 1. The fraction of sp³-hybridized carbons (Fsp3) is 0.364. The number of aliphatic hydroxyl groups is 1. The molecule has 4 aromatic carbocycles. The smallest absolute Gasteiger partial charge is 0.264 e. The van der Waals surface area contributed by atoms with Gasteiger partial charge in [0.05, 0.1) is 39.7 Å². The molecular weight excluding hydrogens is 707 g/mol. The number of piperidine rings is 1. The SMILES string of the molecule is COc1ccc([Si](C)(C)[C@@H]2[C@@H](CCn3cc([C@H](O)c4ccccc4)nn3)O[C@]3(C(=O)N(Cc4ccccc4)c4ccc(N5CCCCC5=O)cc43)[C@H]2C)cc1. The van der Waals surface area contributed by atoms with Gasteiger partial charge in [0.25, 0.3) is 5.91 Å². The second-order valence-corrected chi connectivity index (χ2v) is 20.4. The van der Waals surface area contributed by atoms with Crippen LogP contribution in [0.3, 0.4) is 0 Å². The van der Waals surface area contributed by atoms with Crippen molar-refractivity contribution in [3.63, 3.8) is 0 Å². The number of fused-ring (bicyclic) bond motifs is 2. The van der Waals surface area contributed by atoms with Gasteiger partial charge < -0.3 is 24.4 Å². The summed E-state index contributed by atoms with van der Waals surface area (Å²) in [4.78, 5) is 32.3. The lowest BCUT2D eigenvalue weighted by molar-refractivity contribution is -0.146. The molecule has 5 atom stereocenters. The van der Waals surface area contributed by atoms with E-state index in [4.69, 9.17) is 9.47 Å². The van der Waals surface area contributed by atoms with E-state index < -0.39 is 19.8 Å². The van der Waals surface area contributed by atoms with Crippen LogP contribution in [0, 0.1) is 5.92 Å². The number of hydrogen-bond acceptors (Lipinski definition) is 7. The van der Waals surface area contributed by atoms with Crippen LogP contribution >= 0.6 is 0 Å². The Hall–Kier alpha value is -5.10. The van der Waals surface area contributed by atoms with E-state index in [-0.39, 0.29) is 29.4 Å². The molecule has 5 aromatic rings. The Morgan fingerprint density at radius 1 is 0.964 bits per heavy atom. The Kier molecular flexibility index (Phi) is 9.95. The van der Waals surface area contributed by atoms with E-state index >= 15 is 4.79 Å². The maximum Gasteiger partial charge on any atom is 0.264 e. The summed E-state index contributed by atoms with van der Waals surface area (Å²) in [5.41, 5.74) is 3.48. The number of carbonyl (C=O) groups excluding carboxylic acids is 2. The maximum atomic E-state index is 15.3. The number of aromatic nitrogens is 3. The molecule has 0 aliphatic carbocycles. The second kappa shape index (κ2) is 14.9. The number of amides is 2. The Morgan fingerprint density at radius 3 is 2.40 bits per heavy atom. The van der Waals surface area contributed by atoms with Crippen molar-refractivity contribution in [3.05, 3.63) is 132 Å². The van der Waals surface area contributed by atoms with Gasteiger partial charge in [-0.2, -0.15) is 0 Å². The molecule has 8 rings (SSSR count). The van der Waals surface area contributed by atoms with Crippen molar-refractivity contribution in [1.82, 2.24) is 15.0 Å². The molecule has 3 aliphatic rings. The summed E-state index contributed by atoms with van der Waals surface area (Å²) in [6.07, 6.45) is 3.54. The monoisotopic (exact) mass is 755 g/mol. The van der Waals surface area contributed by atoms with E-state index in [0.717, 1.165) is 46.7 Å². The van der Waals surface area contributed by atoms with Gasteiger partial charge in [0.1, 0.15) is 17.5 Å². The molecule has 2 amide bonds. The van der Waals surface area contributed by atoms with Gasteiger partial charge in [-0.3, -0.25) is 14.3 Å². The number of methoxy groups -OCH3 is 1. The van der Waals surface area contributed by atoms with Gasteiger partial charge in [-0.15, -0.1) is 5.10 Å². The molecule has 2 fully saturated rings. The van der Waals surface area contributed by atoms with Gasteiger partial charge in [-0.1, -0.05) is 103 Å². The van der Waals surface area contributed by atoms with Crippen molar-refractivity contribution >= 4 is 36.4 Å². The summed E-state index contributed by atoms with van der Waals surface area (Å²) in [5.74, 6) is 0.640. The van der Waals surface area contributed by atoms with E-state index in [1.165, 1.54) is 5.19 Å². The van der Waals surface area contributed by atoms with Gasteiger partial charge >= 0.3 is 0 Å². The molecule has 55 heavy (non-hydrogen) atoms. The molecule has 0 unspecified atom stereocenters. The largest absolute Gasteiger partial charge is 0.497 e. The Balaban J connectivity index is 1.19. The zero-order chi connectivity index (χ0) is 38.3. The van der Waals surface area contributed by atoms with E-state index in [9.17, 15) is 9.90 Å². The first-order chi connectivity index (χ1) is 26.6. The zero-order valence-electron chi connectivity index (χ0n) is 32.0. The van der Waals surface area contributed by atoms with Crippen molar-refractivity contribution < 1.29 is 24.2 Å². The molecule has 0 radical (unpaired) electrons. The highest BCUT2D eigenvalue weighted by molar-refractivity contribution is 6.91. The number of rotatable bonds is 11. The van der Waals surface area contributed by atoms with E-state index in [1.54, 1.807) is 18.0 Å². The van der Waals surface area contributed by atoms with Crippen LogP contribution in [0.25, 0.3) is 0 Å². The number of anilines is 2. The summed E-state index contributed by atoms with van der Waals surface area (Å²) >= 11 is 0. The normalized spacial score (nSPS) is 23.0. The lowest BCUT2D eigenvalue weighted by Gasteiger charge is -2.37. The van der Waals surface area contributed by atoms with E-state index in [0.29, 0.717) is 38.2 Å². The second-order valence-electron chi connectivity index (χ2n) is 15.7. The minimum Gasteiger partial charge on any atom is -0.497 e. The highest BCUT2D eigenvalue weighted by Crippen LogP contribution is 2.60. The maximum absolute atomic E-state index is 15.3. The Morgan fingerprint density at radius 2 is 1.69 bits per heavy atom. The predicted octanol–water partition coefficient (Wildman–Crippen LogP) is 6.74. The summed E-state index contributed by atoms with van der Waals surface area (Å²) in [6.45, 7) is 8.50. The topological polar surface area (TPSA) is 110 Å². The fourth-order valence-electron chi connectivity index (χ4n) is 9.35. The van der Waals surface area contributed by atoms with Crippen LogP contribution in [0.5, 0.6) is 5.75 Å². The fourth-order valence-corrected chi connectivity index (χ4v) is 13.4. The highest BCUT2D eigenvalue weighted by atomic mass is 28.3. The van der Waals surface area contributed by atoms with Crippen molar-refractivity contribution in [2.45, 2.75) is 82.1 Å². The molecule has 4 heterocycles. The molecule has 0 saturated carbocycles. The summed E-state index contributed by atoms with van der Waals surface area (Å²) in [5, 5.41) is 21.0. The van der Waals surface area contributed by atoms with E-state index in [2.05, 4.69) is 48.5 Å². The quantitative estimate of drug-likeness (QED) is 0.149. The third-order valence-corrected chi connectivity index (χ3v) is 16.6. The first-order valence-corrected chi connectivity index (χ1v) is 22.5. The van der Waals surface area contributed by atoms with Crippen LogP contribution in [0.15, 0.2) is 109 Å². The molecule has 0 bridgehead atoms. The van der Waals surface area contributed by atoms with Crippen molar-refractivity contribution in [2.75, 3.05) is 23.5 Å². The minimum absolute atomic E-state index is 0.0209. The number of hydrogen-bond donors (Lipinski definition) is 1. The molecule has 1 spiro atoms. The third kappa shape index (κ3) is 6.57. The number of ether oxygens (including phenoxy) is 2. The van der Waals surface area contributed by atoms with Crippen LogP contribution in [0.4, 0.5) is 11.4 Å². The van der Waals surface area contributed by atoms with Crippen LogP contribution in [0.1, 0.15) is 61.1 Å². The van der Waals surface area contributed by atoms with Crippen molar-refractivity contribution in [2.24, 2.45) is 5.92 Å². The van der Waals surface area contributed by atoms with Gasteiger partial charge in [0.15, 0.2) is 5.60 Å². The van der Waals surface area contributed by atoms with Crippen molar-refractivity contribution in [1.29, 1.82) is 0 Å². The summed E-state index contributed by atoms with van der Waals surface area (Å²) in [7, 11) is -0.726. The van der Waals surface area contributed by atoms with Crippen LogP contribution in [0.2, 0.25) is 18.6 Å².